The average molecular weight is 366 g/mol. The zero-order valence-corrected chi connectivity index (χ0v) is 14.3. The summed E-state index contributed by atoms with van der Waals surface area (Å²) in [5.41, 5.74) is 5.87. The van der Waals surface area contributed by atoms with Gasteiger partial charge in [-0.25, -0.2) is 4.39 Å². The van der Waals surface area contributed by atoms with Gasteiger partial charge in [0.1, 0.15) is 5.82 Å². The van der Waals surface area contributed by atoms with Crippen LogP contribution in [0.15, 0.2) is 28.6 Å². The first-order valence-electron chi connectivity index (χ1n) is 7.41. The van der Waals surface area contributed by atoms with Crippen molar-refractivity contribution in [3.63, 3.8) is 0 Å². The van der Waals surface area contributed by atoms with E-state index in [2.05, 4.69) is 10.2 Å². The van der Waals surface area contributed by atoms with Crippen molar-refractivity contribution in [2.75, 3.05) is 12.3 Å². The van der Waals surface area contributed by atoms with E-state index >= 15 is 0 Å². The first-order valence-corrected chi connectivity index (χ1v) is 9.11. The molecule has 1 aromatic heterocycles. The molecule has 1 aromatic carbocycles. The van der Waals surface area contributed by atoms with Crippen molar-refractivity contribution in [2.45, 2.75) is 28.9 Å². The Morgan fingerprint density at radius 1 is 1.29 bits per heavy atom. The van der Waals surface area contributed by atoms with Crippen molar-refractivity contribution in [1.29, 1.82) is 0 Å². The summed E-state index contributed by atoms with van der Waals surface area (Å²) >= 11 is 2.51. The van der Waals surface area contributed by atoms with Gasteiger partial charge in [0, 0.05) is 12.1 Å². The van der Waals surface area contributed by atoms with Crippen molar-refractivity contribution >= 4 is 40.0 Å². The Morgan fingerprint density at radius 2 is 2.04 bits per heavy atom. The molecule has 2 heterocycles. The number of anilines is 1. The van der Waals surface area contributed by atoms with Crippen LogP contribution in [0.25, 0.3) is 0 Å². The minimum Gasteiger partial charge on any atom is -0.374 e. The number of carbonyl (C=O) groups is 2. The highest BCUT2D eigenvalue weighted by atomic mass is 32.2. The Morgan fingerprint density at radius 3 is 2.71 bits per heavy atom. The molecule has 1 fully saturated rings. The molecule has 0 spiro atoms. The molecule has 2 N–H and O–H groups in total. The summed E-state index contributed by atoms with van der Waals surface area (Å²) in [5.74, 6) is -1.07. The second-order valence-corrected chi connectivity index (χ2v) is 7.77. The van der Waals surface area contributed by atoms with Crippen molar-refractivity contribution in [1.82, 2.24) is 15.1 Å². The van der Waals surface area contributed by atoms with Crippen LogP contribution in [0, 0.1) is 5.82 Å². The normalized spacial score (nSPS) is 18.5. The number of aromatic nitrogens is 2. The maximum absolute atomic E-state index is 13.0. The molecular weight excluding hydrogens is 351 g/mol. The first kappa shape index (κ1) is 16.8. The molecular formula is C15H15FN4O2S2. The lowest BCUT2D eigenvalue weighted by Crippen LogP contribution is -2.41. The summed E-state index contributed by atoms with van der Waals surface area (Å²) in [6.07, 6.45) is 2.25. The second-order valence-electron chi connectivity index (χ2n) is 5.31. The Balaban J connectivity index is 1.78. The number of imide groups is 1. The lowest BCUT2D eigenvalue weighted by atomic mass is 10.2. The highest BCUT2D eigenvalue weighted by Gasteiger charge is 2.32. The number of thioether (sulfide) groups is 1. The minimum absolute atomic E-state index is 0.249. The molecule has 24 heavy (non-hydrogen) atoms. The molecule has 6 nitrogen and oxygen atoms in total. The highest BCUT2D eigenvalue weighted by Crippen LogP contribution is 2.33. The van der Waals surface area contributed by atoms with Crippen molar-refractivity contribution in [2.24, 2.45) is 0 Å². The molecule has 2 aromatic rings. The number of nitrogens with zero attached hydrogens (tertiary/aromatic N) is 3. The largest absolute Gasteiger partial charge is 0.374 e. The van der Waals surface area contributed by atoms with Gasteiger partial charge in [0.25, 0.3) is 5.91 Å². The Hall–Kier alpha value is -2.00. The molecule has 2 amide bonds. The summed E-state index contributed by atoms with van der Waals surface area (Å²) in [6.45, 7) is 0.365. The molecule has 1 atom stereocenters. The summed E-state index contributed by atoms with van der Waals surface area (Å²) in [5, 5.41) is 7.61. The smallest absolute Gasteiger partial charge is 0.260 e. The van der Waals surface area contributed by atoms with E-state index in [9.17, 15) is 14.0 Å². The molecule has 0 bridgehead atoms. The first-order chi connectivity index (χ1) is 11.5. The quantitative estimate of drug-likeness (QED) is 0.840. The predicted octanol–water partition coefficient (Wildman–Crippen LogP) is 2.57. The van der Waals surface area contributed by atoms with Crippen LogP contribution < -0.4 is 5.73 Å². The predicted molar refractivity (Wildman–Crippen MR) is 90.3 cm³/mol. The van der Waals surface area contributed by atoms with Crippen LogP contribution in [0.4, 0.5) is 9.52 Å². The number of carbonyl (C=O) groups excluding carboxylic acids is 2. The zero-order valence-electron chi connectivity index (χ0n) is 12.6. The van der Waals surface area contributed by atoms with Crippen LogP contribution in [-0.2, 0) is 4.79 Å². The van der Waals surface area contributed by atoms with E-state index in [0.717, 1.165) is 12.8 Å². The standard InChI is InChI=1S/C15H15FN4O2S2/c16-10-6-4-9(5-7-10)12(21)20-8-2-1-3-11(13(20)22)23-15-19-18-14(17)24-15/h4-7,11H,1-3,8H2,(H2,17,18)/t11-/m0/s1. The fraction of sp³-hybridized carbons (Fsp3) is 0.333. The van der Waals surface area contributed by atoms with E-state index < -0.39 is 17.0 Å². The molecule has 1 aliphatic heterocycles. The van der Waals surface area contributed by atoms with Gasteiger partial charge in [0.2, 0.25) is 11.0 Å². The monoisotopic (exact) mass is 366 g/mol. The van der Waals surface area contributed by atoms with E-state index in [-0.39, 0.29) is 5.91 Å². The van der Waals surface area contributed by atoms with Gasteiger partial charge in [-0.2, -0.15) is 0 Å². The highest BCUT2D eigenvalue weighted by molar-refractivity contribution is 8.02. The van der Waals surface area contributed by atoms with Gasteiger partial charge in [-0.05, 0) is 37.1 Å². The van der Waals surface area contributed by atoms with Gasteiger partial charge in [-0.15, -0.1) is 10.2 Å². The molecule has 1 saturated heterocycles. The average Bonchev–Trinajstić information content (AvgIpc) is 2.89. The van der Waals surface area contributed by atoms with E-state index in [0.29, 0.717) is 28.0 Å². The topological polar surface area (TPSA) is 89.2 Å². The zero-order chi connectivity index (χ0) is 17.1. The van der Waals surface area contributed by atoms with Crippen LogP contribution in [0.3, 0.4) is 0 Å². The molecule has 0 radical (unpaired) electrons. The van der Waals surface area contributed by atoms with Gasteiger partial charge >= 0.3 is 0 Å². The van der Waals surface area contributed by atoms with E-state index in [1.807, 2.05) is 0 Å². The van der Waals surface area contributed by atoms with Gasteiger partial charge < -0.3 is 5.73 Å². The number of nitrogens with two attached hydrogens (primary N) is 1. The number of hydrogen-bond donors (Lipinski definition) is 1. The third-order valence-corrected chi connectivity index (χ3v) is 5.73. The fourth-order valence-corrected chi connectivity index (χ4v) is 4.44. The lowest BCUT2D eigenvalue weighted by Gasteiger charge is -2.21. The maximum Gasteiger partial charge on any atom is 0.260 e. The Labute approximate surface area is 146 Å². The number of nitrogen functional groups attached to an aromatic ring is 1. The van der Waals surface area contributed by atoms with Crippen LogP contribution in [0.2, 0.25) is 0 Å². The summed E-state index contributed by atoms with van der Waals surface area (Å²) < 4.78 is 13.6. The summed E-state index contributed by atoms with van der Waals surface area (Å²) in [7, 11) is 0. The SMILES string of the molecule is Nc1nnc(S[C@H]2CCCCN(C(=O)c3ccc(F)cc3)C2=O)s1. The van der Waals surface area contributed by atoms with Crippen LogP contribution >= 0.6 is 23.1 Å². The maximum atomic E-state index is 13.0. The molecule has 3 rings (SSSR count). The molecule has 1 aliphatic rings. The third kappa shape index (κ3) is 3.73. The number of amides is 2. The molecule has 0 saturated carbocycles. The van der Waals surface area contributed by atoms with Crippen LogP contribution in [0.5, 0.6) is 0 Å². The third-order valence-electron chi connectivity index (χ3n) is 3.64. The Bertz CT molecular complexity index is 750. The van der Waals surface area contributed by atoms with Gasteiger partial charge in [-0.1, -0.05) is 29.5 Å². The molecule has 0 unspecified atom stereocenters. The molecule has 126 valence electrons. The number of benzene rings is 1. The van der Waals surface area contributed by atoms with Gasteiger partial charge in [0.15, 0.2) is 4.34 Å². The molecule has 9 heteroatoms. The number of rotatable bonds is 3. The number of halogens is 1. The van der Waals surface area contributed by atoms with Crippen molar-refractivity contribution in [3.8, 4) is 0 Å². The van der Waals surface area contributed by atoms with Crippen molar-refractivity contribution < 1.29 is 14.0 Å². The van der Waals surface area contributed by atoms with Crippen molar-refractivity contribution in [3.05, 3.63) is 35.6 Å². The number of likely N-dealkylation sites (tertiary alicyclic amines) is 1. The van der Waals surface area contributed by atoms with Gasteiger partial charge in [-0.3, -0.25) is 14.5 Å². The summed E-state index contributed by atoms with van der Waals surface area (Å²) in [4.78, 5) is 26.6. The fourth-order valence-electron chi connectivity index (χ4n) is 2.46. The second kappa shape index (κ2) is 7.27. The summed E-state index contributed by atoms with van der Waals surface area (Å²) in [6, 6.07) is 5.21. The molecule has 0 aliphatic carbocycles. The van der Waals surface area contributed by atoms with E-state index in [1.165, 1.54) is 52.3 Å². The minimum atomic E-state index is -0.420. The van der Waals surface area contributed by atoms with E-state index in [4.69, 9.17) is 5.73 Å². The van der Waals surface area contributed by atoms with E-state index in [1.54, 1.807) is 0 Å². The number of hydrogen-bond acceptors (Lipinski definition) is 7. The van der Waals surface area contributed by atoms with Crippen LogP contribution in [0.1, 0.15) is 29.6 Å². The van der Waals surface area contributed by atoms with Crippen LogP contribution in [-0.4, -0.2) is 38.7 Å². The Kier molecular flexibility index (Phi) is 5.10. The van der Waals surface area contributed by atoms with Gasteiger partial charge in [0.05, 0.1) is 5.25 Å². The lowest BCUT2D eigenvalue weighted by molar-refractivity contribution is -0.127.